The summed E-state index contributed by atoms with van der Waals surface area (Å²) in [5.74, 6) is 0.870. The molecule has 1 aromatic heterocycles. The molecule has 0 aliphatic heterocycles. The second-order valence-corrected chi connectivity index (χ2v) is 5.29. The molecule has 0 saturated carbocycles. The highest BCUT2D eigenvalue weighted by Crippen LogP contribution is 2.25. The molecule has 102 valence electrons. The lowest BCUT2D eigenvalue weighted by molar-refractivity contribution is 0.475. The summed E-state index contributed by atoms with van der Waals surface area (Å²) in [6.45, 7) is 10.8. The molecule has 2 unspecified atom stereocenters. The molecule has 0 radical (unpaired) electrons. The molecule has 0 fully saturated rings. The molecule has 4 nitrogen and oxygen atoms in total. The van der Waals surface area contributed by atoms with Gasteiger partial charge in [-0.1, -0.05) is 17.7 Å². The van der Waals surface area contributed by atoms with Crippen LogP contribution in [0.3, 0.4) is 0 Å². The largest absolute Gasteiger partial charge is 0.301 e. The molecule has 0 aliphatic carbocycles. The van der Waals surface area contributed by atoms with Gasteiger partial charge in [0.1, 0.15) is 12.2 Å². The van der Waals surface area contributed by atoms with Crippen LogP contribution in [-0.4, -0.2) is 15.2 Å². The summed E-state index contributed by atoms with van der Waals surface area (Å²) < 4.78 is 0. The van der Waals surface area contributed by atoms with Crippen molar-refractivity contribution in [1.82, 2.24) is 20.5 Å². The van der Waals surface area contributed by atoms with Gasteiger partial charge in [-0.3, -0.25) is 5.10 Å². The normalized spacial score (nSPS) is 14.4. The highest BCUT2D eigenvalue weighted by molar-refractivity contribution is 5.39. The van der Waals surface area contributed by atoms with Crippen molar-refractivity contribution in [2.45, 2.75) is 46.7 Å². The van der Waals surface area contributed by atoms with E-state index in [2.05, 4.69) is 67.2 Å². The van der Waals surface area contributed by atoms with Crippen LogP contribution in [0, 0.1) is 20.8 Å². The van der Waals surface area contributed by atoms with E-state index in [4.69, 9.17) is 0 Å². The predicted octanol–water partition coefficient (Wildman–Crippen LogP) is 3.14. The molecule has 0 spiro atoms. The van der Waals surface area contributed by atoms with Crippen LogP contribution in [0.1, 0.15) is 54.0 Å². The molecule has 4 heteroatoms. The quantitative estimate of drug-likeness (QED) is 0.885. The van der Waals surface area contributed by atoms with Crippen molar-refractivity contribution in [1.29, 1.82) is 0 Å². The minimum Gasteiger partial charge on any atom is -0.301 e. The highest BCUT2D eigenvalue weighted by Gasteiger charge is 2.16. The van der Waals surface area contributed by atoms with Crippen molar-refractivity contribution in [3.8, 4) is 0 Å². The number of benzene rings is 1. The number of hydrogen-bond acceptors (Lipinski definition) is 3. The summed E-state index contributed by atoms with van der Waals surface area (Å²) >= 11 is 0. The second kappa shape index (κ2) is 5.53. The molecule has 0 bridgehead atoms. The van der Waals surface area contributed by atoms with Crippen LogP contribution in [0.4, 0.5) is 0 Å². The van der Waals surface area contributed by atoms with Gasteiger partial charge in [0.15, 0.2) is 0 Å². The molecule has 0 aliphatic rings. The molecule has 19 heavy (non-hydrogen) atoms. The maximum atomic E-state index is 4.19. The molecule has 1 heterocycles. The molecule has 2 atom stereocenters. The molecular formula is C15H22N4. The zero-order chi connectivity index (χ0) is 14.0. The number of aryl methyl sites for hydroxylation is 3. The van der Waals surface area contributed by atoms with Crippen LogP contribution in [0.15, 0.2) is 18.5 Å². The lowest BCUT2D eigenvalue weighted by atomic mass is 9.94. The topological polar surface area (TPSA) is 53.6 Å². The molecule has 2 N–H and O–H groups in total. The van der Waals surface area contributed by atoms with Crippen LogP contribution in [0.2, 0.25) is 0 Å². The van der Waals surface area contributed by atoms with Crippen molar-refractivity contribution in [3.05, 3.63) is 46.5 Å². The van der Waals surface area contributed by atoms with Gasteiger partial charge in [-0.25, -0.2) is 4.98 Å². The SMILES string of the molecule is Cc1cc(C)c(C(C)NC(C)c2ncn[nH]2)c(C)c1. The van der Waals surface area contributed by atoms with Crippen molar-refractivity contribution < 1.29 is 0 Å². The van der Waals surface area contributed by atoms with E-state index in [1.54, 1.807) is 6.33 Å². The van der Waals surface area contributed by atoms with Crippen LogP contribution in [0.25, 0.3) is 0 Å². The summed E-state index contributed by atoms with van der Waals surface area (Å²) in [6.07, 6.45) is 1.54. The third-order valence-corrected chi connectivity index (χ3v) is 3.51. The smallest absolute Gasteiger partial charge is 0.141 e. The van der Waals surface area contributed by atoms with E-state index in [0.717, 1.165) is 5.82 Å². The summed E-state index contributed by atoms with van der Waals surface area (Å²) in [7, 11) is 0. The summed E-state index contributed by atoms with van der Waals surface area (Å²) in [4.78, 5) is 4.19. The highest BCUT2D eigenvalue weighted by atomic mass is 15.2. The Hall–Kier alpha value is -1.68. The van der Waals surface area contributed by atoms with Gasteiger partial charge >= 0.3 is 0 Å². The van der Waals surface area contributed by atoms with Crippen LogP contribution >= 0.6 is 0 Å². The molecule has 0 amide bonds. The van der Waals surface area contributed by atoms with Gasteiger partial charge in [-0.05, 0) is 51.3 Å². The number of rotatable bonds is 4. The Balaban J connectivity index is 2.18. The van der Waals surface area contributed by atoms with Gasteiger partial charge in [0.25, 0.3) is 0 Å². The predicted molar refractivity (Wildman–Crippen MR) is 77.0 cm³/mol. The Morgan fingerprint density at radius 1 is 1.05 bits per heavy atom. The van der Waals surface area contributed by atoms with Gasteiger partial charge in [0.2, 0.25) is 0 Å². The average Bonchev–Trinajstić information content (AvgIpc) is 2.80. The first kappa shape index (κ1) is 13.7. The molecule has 2 aromatic rings. The first-order valence-corrected chi connectivity index (χ1v) is 6.68. The van der Waals surface area contributed by atoms with Crippen molar-refractivity contribution >= 4 is 0 Å². The third-order valence-electron chi connectivity index (χ3n) is 3.51. The zero-order valence-corrected chi connectivity index (χ0v) is 12.3. The van der Waals surface area contributed by atoms with E-state index in [1.165, 1.54) is 22.3 Å². The fourth-order valence-corrected chi connectivity index (χ4v) is 2.84. The lowest BCUT2D eigenvalue weighted by Gasteiger charge is -2.22. The van der Waals surface area contributed by atoms with Crippen molar-refractivity contribution in [2.75, 3.05) is 0 Å². The van der Waals surface area contributed by atoms with E-state index in [0.29, 0.717) is 0 Å². The Bertz CT molecular complexity index is 522. The van der Waals surface area contributed by atoms with E-state index in [1.807, 2.05) is 0 Å². The average molecular weight is 258 g/mol. The number of hydrogen-bond donors (Lipinski definition) is 2. The molecule has 1 aromatic carbocycles. The summed E-state index contributed by atoms with van der Waals surface area (Å²) in [6, 6.07) is 4.90. The maximum Gasteiger partial charge on any atom is 0.141 e. The molecule has 2 rings (SSSR count). The van der Waals surface area contributed by atoms with Gasteiger partial charge in [0, 0.05) is 6.04 Å². The van der Waals surface area contributed by atoms with Gasteiger partial charge < -0.3 is 5.32 Å². The summed E-state index contributed by atoms with van der Waals surface area (Å²) in [5, 5.41) is 10.4. The molecular weight excluding hydrogens is 236 g/mol. The Labute approximate surface area is 114 Å². The summed E-state index contributed by atoms with van der Waals surface area (Å²) in [5.41, 5.74) is 5.36. The Kier molecular flexibility index (Phi) is 4.00. The van der Waals surface area contributed by atoms with Crippen molar-refractivity contribution in [3.63, 3.8) is 0 Å². The second-order valence-electron chi connectivity index (χ2n) is 5.29. The van der Waals surface area contributed by atoms with E-state index in [-0.39, 0.29) is 12.1 Å². The third kappa shape index (κ3) is 3.01. The first-order valence-electron chi connectivity index (χ1n) is 6.68. The van der Waals surface area contributed by atoms with Crippen LogP contribution in [0.5, 0.6) is 0 Å². The van der Waals surface area contributed by atoms with Gasteiger partial charge in [-0.15, -0.1) is 0 Å². The Morgan fingerprint density at radius 2 is 1.68 bits per heavy atom. The zero-order valence-electron chi connectivity index (χ0n) is 12.3. The van der Waals surface area contributed by atoms with Crippen LogP contribution < -0.4 is 5.32 Å². The number of aromatic nitrogens is 3. The maximum absolute atomic E-state index is 4.19. The number of aromatic amines is 1. The van der Waals surface area contributed by atoms with Gasteiger partial charge in [0.05, 0.1) is 6.04 Å². The molecule has 0 saturated heterocycles. The monoisotopic (exact) mass is 258 g/mol. The van der Waals surface area contributed by atoms with Crippen molar-refractivity contribution in [2.24, 2.45) is 0 Å². The minimum absolute atomic E-state index is 0.151. The Morgan fingerprint density at radius 3 is 2.21 bits per heavy atom. The van der Waals surface area contributed by atoms with Crippen LogP contribution in [-0.2, 0) is 0 Å². The van der Waals surface area contributed by atoms with E-state index in [9.17, 15) is 0 Å². The first-order chi connectivity index (χ1) is 8.99. The van der Waals surface area contributed by atoms with E-state index < -0.39 is 0 Å². The van der Waals surface area contributed by atoms with E-state index >= 15 is 0 Å². The standard InChI is InChI=1S/C15H22N4/c1-9-6-10(2)14(11(3)7-9)12(4)18-13(5)15-16-8-17-19-15/h6-8,12-13,18H,1-5H3,(H,16,17,19). The lowest BCUT2D eigenvalue weighted by Crippen LogP contribution is -2.24. The number of nitrogens with zero attached hydrogens (tertiary/aromatic N) is 2. The fraction of sp³-hybridized carbons (Fsp3) is 0.467. The van der Waals surface area contributed by atoms with Gasteiger partial charge in [-0.2, -0.15) is 5.10 Å². The number of H-pyrrole nitrogens is 1. The number of nitrogens with one attached hydrogen (secondary N) is 2. The fourth-order valence-electron chi connectivity index (χ4n) is 2.84. The minimum atomic E-state index is 0.151.